The number of benzene rings is 1. The molecule has 2 aromatic heterocycles. The third-order valence-corrected chi connectivity index (χ3v) is 6.67. The maximum atomic E-state index is 14.3. The summed E-state index contributed by atoms with van der Waals surface area (Å²) in [6, 6.07) is 2.01. The van der Waals surface area contributed by atoms with Gasteiger partial charge in [-0.3, -0.25) is 4.79 Å². The van der Waals surface area contributed by atoms with E-state index < -0.39 is 29.2 Å². The van der Waals surface area contributed by atoms with Crippen LogP contribution in [-0.4, -0.2) is 63.5 Å². The molecule has 0 spiro atoms. The van der Waals surface area contributed by atoms with E-state index in [1.54, 1.807) is 12.4 Å². The zero-order chi connectivity index (χ0) is 28.6. The molecule has 216 valence electrons. The van der Waals surface area contributed by atoms with Gasteiger partial charge in [-0.15, -0.1) is 0 Å². The number of nitrogens with one attached hydrogen (secondary N) is 1. The average molecular weight is 559 g/mol. The third kappa shape index (κ3) is 7.93. The molecule has 0 radical (unpaired) electrons. The molecule has 1 aliphatic rings. The smallest absolute Gasteiger partial charge is 0.257 e. The SMILES string of the molecule is CC(C)Cc1nc(-c2cnc(N3CCC(CCCOc4cc(F)c(C(=O)NC[C@@H](C)O)c(F)c4)CC3)nc2)no1. The Labute approximate surface area is 232 Å². The van der Waals surface area contributed by atoms with Crippen molar-refractivity contribution in [1.29, 1.82) is 0 Å². The first-order valence-electron chi connectivity index (χ1n) is 13.7. The molecule has 40 heavy (non-hydrogen) atoms. The lowest BCUT2D eigenvalue weighted by molar-refractivity contribution is 0.0915. The van der Waals surface area contributed by atoms with Crippen LogP contribution in [0.3, 0.4) is 0 Å². The van der Waals surface area contributed by atoms with Gasteiger partial charge in [0.25, 0.3) is 5.91 Å². The van der Waals surface area contributed by atoms with Crippen molar-refractivity contribution in [2.75, 3.05) is 31.1 Å². The van der Waals surface area contributed by atoms with Crippen molar-refractivity contribution in [3.8, 4) is 17.1 Å². The zero-order valence-electron chi connectivity index (χ0n) is 23.1. The van der Waals surface area contributed by atoms with Gasteiger partial charge in [0.15, 0.2) is 0 Å². The second-order valence-corrected chi connectivity index (χ2v) is 10.6. The fourth-order valence-corrected chi connectivity index (χ4v) is 4.57. The first-order valence-corrected chi connectivity index (χ1v) is 13.7. The summed E-state index contributed by atoms with van der Waals surface area (Å²) >= 11 is 0. The van der Waals surface area contributed by atoms with Crippen LogP contribution in [0, 0.1) is 23.5 Å². The maximum Gasteiger partial charge on any atom is 0.257 e. The molecule has 1 fully saturated rings. The molecule has 4 rings (SSSR count). The van der Waals surface area contributed by atoms with E-state index in [1.807, 2.05) is 0 Å². The maximum absolute atomic E-state index is 14.3. The van der Waals surface area contributed by atoms with E-state index in [0.29, 0.717) is 41.7 Å². The second-order valence-electron chi connectivity index (χ2n) is 10.6. The van der Waals surface area contributed by atoms with Crippen molar-refractivity contribution in [1.82, 2.24) is 25.4 Å². The van der Waals surface area contributed by atoms with Crippen LogP contribution < -0.4 is 15.0 Å². The van der Waals surface area contributed by atoms with Crippen LogP contribution in [-0.2, 0) is 6.42 Å². The van der Waals surface area contributed by atoms with E-state index in [4.69, 9.17) is 9.26 Å². The molecule has 12 heteroatoms. The van der Waals surface area contributed by atoms with Crippen molar-refractivity contribution in [3.63, 3.8) is 0 Å². The first-order chi connectivity index (χ1) is 19.2. The van der Waals surface area contributed by atoms with Gasteiger partial charge in [0, 0.05) is 50.6 Å². The molecule has 0 saturated carbocycles. The van der Waals surface area contributed by atoms with Crippen molar-refractivity contribution in [3.05, 3.63) is 47.6 Å². The number of rotatable bonds is 12. The quantitative estimate of drug-likeness (QED) is 0.315. The normalized spacial score (nSPS) is 14.9. The number of nitrogens with zero attached hydrogens (tertiary/aromatic N) is 5. The van der Waals surface area contributed by atoms with Gasteiger partial charge >= 0.3 is 0 Å². The Balaban J connectivity index is 1.19. The zero-order valence-corrected chi connectivity index (χ0v) is 23.1. The molecule has 1 atom stereocenters. The monoisotopic (exact) mass is 558 g/mol. The minimum atomic E-state index is -1.01. The van der Waals surface area contributed by atoms with E-state index >= 15 is 0 Å². The molecule has 3 heterocycles. The van der Waals surface area contributed by atoms with Gasteiger partial charge in [-0.25, -0.2) is 18.7 Å². The fraction of sp³-hybridized carbons (Fsp3) is 0.536. The van der Waals surface area contributed by atoms with E-state index in [-0.39, 0.29) is 12.3 Å². The van der Waals surface area contributed by atoms with Crippen LogP contribution in [0.4, 0.5) is 14.7 Å². The van der Waals surface area contributed by atoms with Crippen molar-refractivity contribution in [2.45, 2.75) is 59.0 Å². The molecule has 1 amide bonds. The van der Waals surface area contributed by atoms with Crippen LogP contribution in [0.15, 0.2) is 29.0 Å². The minimum Gasteiger partial charge on any atom is -0.493 e. The van der Waals surface area contributed by atoms with Gasteiger partial charge in [-0.2, -0.15) is 4.98 Å². The lowest BCUT2D eigenvalue weighted by Gasteiger charge is -2.32. The molecular formula is C28H36F2N6O4. The van der Waals surface area contributed by atoms with E-state index in [1.165, 1.54) is 6.92 Å². The number of aromatic nitrogens is 4. The molecular weight excluding hydrogens is 522 g/mol. The Morgan fingerprint density at radius 3 is 2.48 bits per heavy atom. The number of carbonyl (C=O) groups excluding carboxylic acids is 1. The summed E-state index contributed by atoms with van der Waals surface area (Å²) in [5.74, 6) is -0.196. The number of halogens is 2. The van der Waals surface area contributed by atoms with Crippen LogP contribution in [0.1, 0.15) is 62.7 Å². The Morgan fingerprint density at radius 2 is 1.85 bits per heavy atom. The van der Waals surface area contributed by atoms with E-state index in [2.05, 4.69) is 44.2 Å². The number of ether oxygens (including phenoxy) is 1. The Morgan fingerprint density at radius 1 is 1.18 bits per heavy atom. The lowest BCUT2D eigenvalue weighted by Crippen LogP contribution is -2.34. The number of aliphatic hydroxyl groups is 1. The van der Waals surface area contributed by atoms with Crippen LogP contribution in [0.25, 0.3) is 11.4 Å². The minimum absolute atomic E-state index is 0.0365. The Hall–Kier alpha value is -3.67. The highest BCUT2D eigenvalue weighted by atomic mass is 19.1. The van der Waals surface area contributed by atoms with Gasteiger partial charge in [-0.05, 0) is 44.4 Å². The van der Waals surface area contributed by atoms with Crippen molar-refractivity contribution < 1.29 is 27.9 Å². The number of anilines is 1. The van der Waals surface area contributed by atoms with E-state index in [0.717, 1.165) is 57.3 Å². The van der Waals surface area contributed by atoms with Crippen molar-refractivity contribution in [2.24, 2.45) is 11.8 Å². The Bertz CT molecular complexity index is 1240. The summed E-state index contributed by atoms with van der Waals surface area (Å²) in [6.07, 6.45) is 6.96. The summed E-state index contributed by atoms with van der Waals surface area (Å²) < 4.78 is 39.5. The summed E-state index contributed by atoms with van der Waals surface area (Å²) in [4.78, 5) is 27.6. The summed E-state index contributed by atoms with van der Waals surface area (Å²) in [5.41, 5.74) is 0.0235. The van der Waals surface area contributed by atoms with Gasteiger partial charge in [0.1, 0.15) is 22.9 Å². The lowest BCUT2D eigenvalue weighted by atomic mass is 9.92. The number of aliphatic hydroxyl groups excluding tert-OH is 1. The topological polar surface area (TPSA) is 126 Å². The van der Waals surface area contributed by atoms with Crippen LogP contribution >= 0.6 is 0 Å². The standard InChI is InChI=1S/C28H36F2N6O4/c1-17(2)11-24-34-26(35-40-24)20-15-32-28(33-16-20)36-8-6-19(7-9-36)5-4-10-39-21-12-22(29)25(23(30)13-21)27(38)31-14-18(3)37/h12-13,15-19,37H,4-11,14H2,1-3H3,(H,31,38)/t18-/m1/s1. The predicted molar refractivity (Wildman–Crippen MR) is 144 cm³/mol. The van der Waals surface area contributed by atoms with Crippen LogP contribution in [0.2, 0.25) is 0 Å². The summed E-state index contributed by atoms with van der Waals surface area (Å²) in [5, 5.41) is 15.6. The highest BCUT2D eigenvalue weighted by molar-refractivity contribution is 5.94. The van der Waals surface area contributed by atoms with E-state index in [9.17, 15) is 18.7 Å². The first kappa shape index (κ1) is 29.3. The van der Waals surface area contributed by atoms with Gasteiger partial charge < -0.3 is 24.6 Å². The molecule has 10 nitrogen and oxygen atoms in total. The molecule has 0 unspecified atom stereocenters. The average Bonchev–Trinajstić information content (AvgIpc) is 3.38. The molecule has 1 aliphatic heterocycles. The molecule has 1 aromatic carbocycles. The number of carbonyl (C=O) groups is 1. The van der Waals surface area contributed by atoms with Gasteiger partial charge in [0.2, 0.25) is 17.7 Å². The Kier molecular flexibility index (Phi) is 9.97. The molecule has 1 saturated heterocycles. The second kappa shape index (κ2) is 13.6. The number of piperidine rings is 1. The number of amides is 1. The molecule has 0 aliphatic carbocycles. The van der Waals surface area contributed by atoms with Crippen LogP contribution in [0.5, 0.6) is 5.75 Å². The fourth-order valence-electron chi connectivity index (χ4n) is 4.57. The molecule has 3 aromatic rings. The highest BCUT2D eigenvalue weighted by Gasteiger charge is 2.22. The summed E-state index contributed by atoms with van der Waals surface area (Å²) in [7, 11) is 0. The van der Waals surface area contributed by atoms with Gasteiger partial charge in [-0.1, -0.05) is 19.0 Å². The molecule has 2 N–H and O–H groups in total. The number of hydrogen-bond donors (Lipinski definition) is 2. The summed E-state index contributed by atoms with van der Waals surface area (Å²) in [6.45, 7) is 7.52. The van der Waals surface area contributed by atoms with Crippen molar-refractivity contribution >= 4 is 11.9 Å². The molecule has 0 bridgehead atoms. The highest BCUT2D eigenvalue weighted by Crippen LogP contribution is 2.26. The van der Waals surface area contributed by atoms with Gasteiger partial charge in [0.05, 0.1) is 18.3 Å². The largest absolute Gasteiger partial charge is 0.493 e. The predicted octanol–water partition coefficient (Wildman–Crippen LogP) is 4.19. The third-order valence-electron chi connectivity index (χ3n) is 6.67. The number of hydrogen-bond acceptors (Lipinski definition) is 9.